The van der Waals surface area contributed by atoms with Crippen molar-refractivity contribution in [3.63, 3.8) is 0 Å². The normalized spacial score (nSPS) is 22.7. The number of H-pyrrole nitrogens is 1. The van der Waals surface area contributed by atoms with Crippen molar-refractivity contribution in [3.05, 3.63) is 106 Å². The van der Waals surface area contributed by atoms with Crippen molar-refractivity contribution in [2.75, 3.05) is 55.7 Å². The summed E-state index contributed by atoms with van der Waals surface area (Å²) >= 11 is 0. The highest BCUT2D eigenvalue weighted by atomic mass is 32.2. The first kappa shape index (κ1) is 46.1. The predicted octanol–water partition coefficient (Wildman–Crippen LogP) is 7.96. The lowest BCUT2D eigenvalue weighted by Crippen LogP contribution is -2.60. The smallest absolute Gasteiger partial charge is 0.312 e. The number of piperazine rings is 1. The van der Waals surface area contributed by atoms with E-state index in [9.17, 15) is 31.7 Å². The zero-order chi connectivity index (χ0) is 47.4. The number of sulfonamides is 2. The number of carbonyl (C=O) groups is 1. The van der Waals surface area contributed by atoms with Gasteiger partial charge >= 0.3 is 5.69 Å². The van der Waals surface area contributed by atoms with E-state index in [0.29, 0.717) is 61.4 Å². The van der Waals surface area contributed by atoms with Crippen molar-refractivity contribution < 1.29 is 31.3 Å². The summed E-state index contributed by atoms with van der Waals surface area (Å²) in [4.78, 5) is 41.4. The summed E-state index contributed by atoms with van der Waals surface area (Å²) in [7, 11) is -7.96. The van der Waals surface area contributed by atoms with E-state index < -0.39 is 41.5 Å². The molecule has 0 radical (unpaired) electrons. The zero-order valence-corrected chi connectivity index (χ0v) is 40.1. The SMILES string of the molecule is CC1CCC(CNc2ncc(S(=O)(=O)NC(=O)c3ccc(N4CCC5(CC4)CC(N4CCN(S(C)(=O)=O)C[C@H]4c4ccccc4C4CC4)C5)cc3Oc3cnc4[nH]ccc4c3)cc2[N+](=O)[O-])CC1. The molecule has 1 amide bonds. The molecule has 2 aliphatic heterocycles. The quantitative estimate of drug-likeness (QED) is 0.0713. The molecule has 3 N–H and O–H groups in total. The van der Waals surface area contributed by atoms with Gasteiger partial charge in [-0.05, 0) is 110 Å². The number of piperidine rings is 1. The maximum Gasteiger partial charge on any atom is 0.312 e. The highest BCUT2D eigenvalue weighted by Gasteiger charge is 2.51. The molecule has 19 heteroatoms. The van der Waals surface area contributed by atoms with Gasteiger partial charge in [-0.25, -0.2) is 31.5 Å². The van der Waals surface area contributed by atoms with Crippen LogP contribution in [0.1, 0.15) is 105 Å². The van der Waals surface area contributed by atoms with Crippen LogP contribution in [0.25, 0.3) is 11.0 Å². The third-order valence-corrected chi connectivity index (χ3v) is 17.9. The van der Waals surface area contributed by atoms with Crippen LogP contribution in [0.5, 0.6) is 11.5 Å². The van der Waals surface area contributed by atoms with Gasteiger partial charge in [-0.3, -0.25) is 19.8 Å². The highest BCUT2D eigenvalue weighted by Crippen LogP contribution is 2.54. The fraction of sp³-hybridized carbons (Fsp3) is 0.490. The molecule has 3 aromatic heterocycles. The van der Waals surface area contributed by atoms with E-state index in [1.54, 1.807) is 28.7 Å². The van der Waals surface area contributed by atoms with Gasteiger partial charge in [0.05, 0.1) is 29.1 Å². The molecule has 10 rings (SSSR count). The molecule has 0 bridgehead atoms. The van der Waals surface area contributed by atoms with Gasteiger partial charge in [0, 0.05) is 80.8 Å². The summed E-state index contributed by atoms with van der Waals surface area (Å²) in [6.45, 7) is 5.86. The Kier molecular flexibility index (Phi) is 12.5. The van der Waals surface area contributed by atoms with E-state index in [2.05, 4.69) is 66.0 Å². The minimum Gasteiger partial charge on any atom is -0.455 e. The van der Waals surface area contributed by atoms with Crippen LogP contribution in [0.2, 0.25) is 0 Å². The van der Waals surface area contributed by atoms with Crippen molar-refractivity contribution >= 4 is 54.2 Å². The number of fused-ring (bicyclic) bond motifs is 1. The molecular formula is C49H59N9O8S2. The molecular weight excluding hydrogens is 907 g/mol. The Hall–Kier alpha value is -5.63. The lowest BCUT2D eigenvalue weighted by Gasteiger charge is -2.58. The van der Waals surface area contributed by atoms with Crippen molar-refractivity contribution in [3.8, 4) is 11.5 Å². The first-order valence-electron chi connectivity index (χ1n) is 23.9. The number of ether oxygens (including phenoxy) is 1. The van der Waals surface area contributed by atoms with Crippen molar-refractivity contribution in [1.29, 1.82) is 0 Å². The Morgan fingerprint density at radius 3 is 2.38 bits per heavy atom. The number of nitro groups is 1. The Morgan fingerprint density at radius 2 is 1.66 bits per heavy atom. The minimum absolute atomic E-state index is 0.00735. The fourth-order valence-corrected chi connectivity index (χ4v) is 12.9. The zero-order valence-electron chi connectivity index (χ0n) is 38.5. The molecule has 2 saturated heterocycles. The molecule has 5 aromatic rings. The first-order valence-corrected chi connectivity index (χ1v) is 27.2. The lowest BCUT2D eigenvalue weighted by atomic mass is 9.59. The van der Waals surface area contributed by atoms with Crippen LogP contribution in [0.4, 0.5) is 17.2 Å². The number of nitrogens with zero attached hydrogens (tertiary/aromatic N) is 6. The maximum absolute atomic E-state index is 14.0. The second-order valence-corrected chi connectivity index (χ2v) is 23.6. The van der Waals surface area contributed by atoms with Gasteiger partial charge in [0.1, 0.15) is 22.0 Å². The van der Waals surface area contributed by atoms with Crippen LogP contribution in [0.3, 0.4) is 0 Å². The standard InChI is InChI=1S/C49H59N9O8S2/c1-32-7-9-33(10-8-32)28-51-47-43(58(60)61)25-39(30-53-47)68(64,65)54-48(59)42-14-13-36(24-45(42)66-38-23-35-15-18-50-46(35)52-29-38)55-19-16-49(17-20-55)26-37(27-49)57-22-21-56(67(2,62)63)31-44(57)41-6-4-3-5-40(41)34-11-12-34/h3-6,13-15,18,23-25,29-30,32-34,37,44H,7-12,16-17,19-22,26-28,31H2,1-2H3,(H,50,52)(H,51,53)(H,54,59)/t32?,33?,44-/m0/s1. The van der Waals surface area contributed by atoms with E-state index in [0.717, 1.165) is 87.8 Å². The number of rotatable bonds is 14. The molecule has 2 aromatic carbocycles. The molecule has 5 fully saturated rings. The van der Waals surface area contributed by atoms with Gasteiger partial charge in [-0.1, -0.05) is 44.0 Å². The average molecular weight is 966 g/mol. The topological polar surface area (TPSA) is 213 Å². The fourth-order valence-electron chi connectivity index (χ4n) is 11.1. The number of hydrogen-bond donors (Lipinski definition) is 3. The number of benzene rings is 2. The molecule has 68 heavy (non-hydrogen) atoms. The molecule has 360 valence electrons. The van der Waals surface area contributed by atoms with Crippen molar-refractivity contribution in [2.24, 2.45) is 17.3 Å². The molecule has 5 aliphatic rings. The van der Waals surface area contributed by atoms with E-state index in [1.807, 2.05) is 6.07 Å². The molecule has 1 atom stereocenters. The number of anilines is 2. The van der Waals surface area contributed by atoms with Gasteiger partial charge in [0.25, 0.3) is 15.9 Å². The maximum atomic E-state index is 14.0. The van der Waals surface area contributed by atoms with E-state index in [1.165, 1.54) is 42.5 Å². The number of nitrogens with one attached hydrogen (secondary N) is 3. The number of carbonyl (C=O) groups excluding carboxylic acids is 1. The third kappa shape index (κ3) is 9.67. The Bertz CT molecular complexity index is 2940. The number of amides is 1. The summed E-state index contributed by atoms with van der Waals surface area (Å²) in [6.07, 6.45) is 16.1. The highest BCUT2D eigenvalue weighted by molar-refractivity contribution is 7.90. The summed E-state index contributed by atoms with van der Waals surface area (Å²) in [6, 6.07) is 18.6. The monoisotopic (exact) mass is 965 g/mol. The average Bonchev–Trinajstić information content (AvgIpc) is 4.06. The van der Waals surface area contributed by atoms with Crippen LogP contribution in [-0.2, 0) is 20.0 Å². The van der Waals surface area contributed by atoms with E-state index in [-0.39, 0.29) is 28.6 Å². The number of aromatic nitrogens is 3. The molecule has 17 nitrogen and oxygen atoms in total. The lowest BCUT2D eigenvalue weighted by molar-refractivity contribution is -0.384. The Labute approximate surface area is 397 Å². The second kappa shape index (κ2) is 18.4. The van der Waals surface area contributed by atoms with Crippen LogP contribution >= 0.6 is 0 Å². The molecule has 3 aliphatic carbocycles. The first-order chi connectivity index (χ1) is 32.6. The van der Waals surface area contributed by atoms with Gasteiger partial charge in [-0.2, -0.15) is 4.31 Å². The Morgan fingerprint density at radius 1 is 0.912 bits per heavy atom. The van der Waals surface area contributed by atoms with E-state index >= 15 is 0 Å². The van der Waals surface area contributed by atoms with Crippen LogP contribution in [-0.4, -0.2) is 103 Å². The van der Waals surface area contributed by atoms with Crippen LogP contribution in [0.15, 0.2) is 84.1 Å². The third-order valence-electron chi connectivity index (χ3n) is 15.3. The van der Waals surface area contributed by atoms with Gasteiger partial charge in [0.2, 0.25) is 15.8 Å². The van der Waals surface area contributed by atoms with Crippen molar-refractivity contribution in [1.82, 2.24) is 28.9 Å². The molecule has 5 heterocycles. The van der Waals surface area contributed by atoms with E-state index in [4.69, 9.17) is 4.74 Å². The van der Waals surface area contributed by atoms with Crippen molar-refractivity contribution in [2.45, 2.75) is 94.0 Å². The second-order valence-electron chi connectivity index (χ2n) is 19.9. The van der Waals surface area contributed by atoms with Gasteiger partial charge in [0.15, 0.2) is 0 Å². The largest absolute Gasteiger partial charge is 0.455 e. The Balaban J connectivity index is 0.843. The summed E-state index contributed by atoms with van der Waals surface area (Å²) in [5, 5.41) is 16.0. The van der Waals surface area contributed by atoms with Crippen LogP contribution < -0.4 is 19.7 Å². The number of pyridine rings is 2. The minimum atomic E-state index is -4.63. The van der Waals surface area contributed by atoms with Crippen LogP contribution in [0, 0.1) is 27.4 Å². The molecule has 3 saturated carbocycles. The number of aromatic amines is 1. The summed E-state index contributed by atoms with van der Waals surface area (Å²) in [5.74, 6) is 0.980. The molecule has 1 spiro atoms. The summed E-state index contributed by atoms with van der Waals surface area (Å²) < 4.78 is 63.1. The van der Waals surface area contributed by atoms with Gasteiger partial charge < -0.3 is 19.9 Å². The molecule has 0 unspecified atom stereocenters. The summed E-state index contributed by atoms with van der Waals surface area (Å²) in [5.41, 5.74) is 3.68. The predicted molar refractivity (Wildman–Crippen MR) is 259 cm³/mol. The number of hydrogen-bond acceptors (Lipinski definition) is 13. The van der Waals surface area contributed by atoms with Gasteiger partial charge in [-0.15, -0.1) is 0 Å².